The van der Waals surface area contributed by atoms with Gasteiger partial charge < -0.3 is 16.4 Å². The molecule has 0 aliphatic carbocycles. The number of amides is 4. The van der Waals surface area contributed by atoms with Crippen molar-refractivity contribution in [2.45, 2.75) is 31.9 Å². The Labute approximate surface area is 205 Å². The highest BCUT2D eigenvalue weighted by molar-refractivity contribution is 5.98. The van der Waals surface area contributed by atoms with E-state index in [0.29, 0.717) is 16.7 Å². The van der Waals surface area contributed by atoms with Gasteiger partial charge in [0.1, 0.15) is 11.6 Å². The zero-order valence-corrected chi connectivity index (χ0v) is 19.2. The zero-order valence-electron chi connectivity index (χ0n) is 19.2. The van der Waals surface area contributed by atoms with Crippen LogP contribution < -0.4 is 21.8 Å². The fraction of sp³-hybridized carbons (Fsp3) is 0.200. The van der Waals surface area contributed by atoms with E-state index in [1.165, 1.54) is 29.7 Å². The van der Waals surface area contributed by atoms with E-state index in [1.54, 1.807) is 24.3 Å². The quantitative estimate of drug-likeness (QED) is 0.220. The molecule has 0 saturated carbocycles. The van der Waals surface area contributed by atoms with Crippen molar-refractivity contribution >= 4 is 23.6 Å². The van der Waals surface area contributed by atoms with Gasteiger partial charge in [-0.2, -0.15) is 0 Å². The summed E-state index contributed by atoms with van der Waals surface area (Å²) < 4.78 is 27.5. The molecule has 11 heteroatoms. The van der Waals surface area contributed by atoms with Gasteiger partial charge in [0.25, 0.3) is 18.2 Å². The van der Waals surface area contributed by atoms with E-state index in [9.17, 15) is 28.0 Å². The van der Waals surface area contributed by atoms with Gasteiger partial charge >= 0.3 is 0 Å². The Hall–Kier alpha value is -4.74. The number of carbonyl (C=O) groups excluding carboxylic acids is 4. The summed E-state index contributed by atoms with van der Waals surface area (Å²) in [7, 11) is 0. The molecule has 9 nitrogen and oxygen atoms in total. The number of benzene rings is 2. The fourth-order valence-electron chi connectivity index (χ4n) is 3.03. The van der Waals surface area contributed by atoms with E-state index in [-0.39, 0.29) is 5.56 Å². The van der Waals surface area contributed by atoms with Crippen LogP contribution in [0.1, 0.15) is 45.7 Å². The normalized spacial score (nSPS) is 12.5. The number of alkyl halides is 2. The summed E-state index contributed by atoms with van der Waals surface area (Å²) in [6.07, 6.45) is -3.26. The van der Waals surface area contributed by atoms with E-state index < -0.39 is 41.6 Å². The molecule has 4 amide bonds. The molecule has 0 saturated heterocycles. The first-order valence-corrected chi connectivity index (χ1v) is 10.3. The van der Waals surface area contributed by atoms with Gasteiger partial charge in [-0.25, -0.2) is 14.3 Å². The summed E-state index contributed by atoms with van der Waals surface area (Å²) >= 11 is 0. The number of primary amides is 1. The Balaban J connectivity index is 2.15. The van der Waals surface area contributed by atoms with E-state index in [1.807, 2.05) is 5.32 Å². The van der Waals surface area contributed by atoms with E-state index in [4.69, 9.17) is 10.9 Å². The first-order chi connectivity index (χ1) is 17.0. The molecule has 36 heavy (non-hydrogen) atoms. The average Bonchev–Trinajstić information content (AvgIpc) is 2.84. The SMILES string of the molecule is CC(=O)NC(C)(C(F)F)C(NC(=O)c1ccc(C#CC#Cc2ccc(C(N)=O)cc2)cc1)C(=O)NO. The first kappa shape index (κ1) is 27.5. The first-order valence-electron chi connectivity index (χ1n) is 10.3. The summed E-state index contributed by atoms with van der Waals surface area (Å²) in [6, 6.07) is 9.98. The van der Waals surface area contributed by atoms with Gasteiger partial charge in [0, 0.05) is 29.2 Å². The third-order valence-electron chi connectivity index (χ3n) is 4.94. The second kappa shape index (κ2) is 12.1. The number of hydroxylamine groups is 1. The molecular weight excluding hydrogens is 474 g/mol. The lowest BCUT2D eigenvalue weighted by Gasteiger charge is -2.36. The Kier molecular flexibility index (Phi) is 9.25. The van der Waals surface area contributed by atoms with E-state index in [0.717, 1.165) is 13.8 Å². The van der Waals surface area contributed by atoms with Crippen molar-refractivity contribution in [2.24, 2.45) is 5.73 Å². The van der Waals surface area contributed by atoms with Crippen LogP contribution in [0.4, 0.5) is 8.78 Å². The monoisotopic (exact) mass is 496 g/mol. The molecule has 0 spiro atoms. The molecule has 0 heterocycles. The van der Waals surface area contributed by atoms with Crippen molar-refractivity contribution in [1.82, 2.24) is 16.1 Å². The third-order valence-corrected chi connectivity index (χ3v) is 4.94. The number of hydrogen-bond acceptors (Lipinski definition) is 5. The molecule has 0 radical (unpaired) electrons. The number of nitrogens with one attached hydrogen (secondary N) is 3. The molecule has 2 rings (SSSR count). The molecular formula is C25H22F2N4O5. The van der Waals surface area contributed by atoms with Gasteiger partial charge in [-0.3, -0.25) is 24.4 Å². The topological polar surface area (TPSA) is 151 Å². The lowest BCUT2D eigenvalue weighted by molar-refractivity contribution is -0.137. The number of halogens is 2. The standard InChI is InChI=1S/C25H22F2N4O5/c1-15(32)30-25(2,24(26)27)20(23(35)31-36)29-22(34)19-13-9-17(10-14-19)6-4-3-5-16-7-11-18(12-8-16)21(28)33/h7-14,20,24,36H,1-2H3,(H2,28,33)(H,29,34)(H,30,32)(H,31,35). The predicted octanol–water partition coefficient (Wildman–Crippen LogP) is 0.952. The number of hydrogen-bond donors (Lipinski definition) is 5. The van der Waals surface area contributed by atoms with Crippen molar-refractivity contribution in [2.75, 3.05) is 0 Å². The van der Waals surface area contributed by atoms with E-state index in [2.05, 4.69) is 29.0 Å². The van der Waals surface area contributed by atoms with Crippen LogP contribution in [-0.4, -0.2) is 46.8 Å². The van der Waals surface area contributed by atoms with Crippen molar-refractivity contribution < 1.29 is 33.2 Å². The highest BCUT2D eigenvalue weighted by Crippen LogP contribution is 2.21. The number of carbonyl (C=O) groups is 4. The molecule has 6 N–H and O–H groups in total. The van der Waals surface area contributed by atoms with Crippen LogP contribution in [-0.2, 0) is 9.59 Å². The maximum Gasteiger partial charge on any atom is 0.268 e. The Morgan fingerprint density at radius 3 is 1.78 bits per heavy atom. The maximum atomic E-state index is 13.7. The molecule has 0 fully saturated rings. The van der Waals surface area contributed by atoms with Crippen molar-refractivity contribution in [3.63, 3.8) is 0 Å². The molecule has 2 aromatic rings. The lowest BCUT2D eigenvalue weighted by Crippen LogP contribution is -2.68. The van der Waals surface area contributed by atoms with Crippen LogP contribution in [0.25, 0.3) is 0 Å². The average molecular weight is 496 g/mol. The van der Waals surface area contributed by atoms with Crippen LogP contribution in [0.2, 0.25) is 0 Å². The Morgan fingerprint density at radius 2 is 1.39 bits per heavy atom. The van der Waals surface area contributed by atoms with Crippen molar-refractivity contribution in [1.29, 1.82) is 0 Å². The highest BCUT2D eigenvalue weighted by Gasteiger charge is 2.48. The van der Waals surface area contributed by atoms with E-state index >= 15 is 0 Å². The minimum atomic E-state index is -3.26. The van der Waals surface area contributed by atoms with Gasteiger partial charge in [-0.05, 0) is 67.3 Å². The van der Waals surface area contributed by atoms with Gasteiger partial charge in [0.05, 0.1) is 0 Å². The van der Waals surface area contributed by atoms with Gasteiger partial charge in [-0.15, -0.1) is 0 Å². The van der Waals surface area contributed by atoms with Crippen molar-refractivity contribution in [3.05, 3.63) is 70.8 Å². The molecule has 0 aliphatic rings. The van der Waals surface area contributed by atoms with Crippen LogP contribution in [0.5, 0.6) is 0 Å². The molecule has 0 aliphatic heterocycles. The fourth-order valence-corrected chi connectivity index (χ4v) is 3.03. The third kappa shape index (κ3) is 7.13. The largest absolute Gasteiger partial charge is 0.366 e. The summed E-state index contributed by atoms with van der Waals surface area (Å²) in [5.41, 5.74) is 5.38. The molecule has 2 aromatic carbocycles. The molecule has 186 valence electrons. The summed E-state index contributed by atoms with van der Waals surface area (Å²) in [6.45, 7) is 1.84. The van der Waals surface area contributed by atoms with Crippen LogP contribution in [0.15, 0.2) is 48.5 Å². The van der Waals surface area contributed by atoms with Crippen LogP contribution >= 0.6 is 0 Å². The minimum Gasteiger partial charge on any atom is -0.366 e. The summed E-state index contributed by atoms with van der Waals surface area (Å²) in [4.78, 5) is 47.1. The minimum absolute atomic E-state index is 0.0105. The molecule has 0 bridgehead atoms. The summed E-state index contributed by atoms with van der Waals surface area (Å²) in [5.74, 6) is 7.18. The number of rotatable bonds is 7. The van der Waals surface area contributed by atoms with Crippen LogP contribution in [0, 0.1) is 23.7 Å². The van der Waals surface area contributed by atoms with Gasteiger partial charge in [0.15, 0.2) is 0 Å². The Bertz CT molecular complexity index is 1270. The molecule has 0 aromatic heterocycles. The second-order valence-corrected chi connectivity index (χ2v) is 7.67. The molecule has 2 unspecified atom stereocenters. The molecule has 2 atom stereocenters. The van der Waals surface area contributed by atoms with Crippen LogP contribution in [0.3, 0.4) is 0 Å². The zero-order chi connectivity index (χ0) is 26.9. The summed E-state index contributed by atoms with van der Waals surface area (Å²) in [5, 5.41) is 13.0. The maximum absolute atomic E-state index is 13.7. The predicted molar refractivity (Wildman–Crippen MR) is 125 cm³/mol. The van der Waals surface area contributed by atoms with Gasteiger partial charge in [0.2, 0.25) is 11.8 Å². The van der Waals surface area contributed by atoms with Gasteiger partial charge in [-0.1, -0.05) is 11.8 Å². The number of nitrogens with two attached hydrogens (primary N) is 1. The lowest BCUT2D eigenvalue weighted by atomic mass is 9.91. The highest BCUT2D eigenvalue weighted by atomic mass is 19.3. The Morgan fingerprint density at radius 1 is 0.917 bits per heavy atom. The smallest absolute Gasteiger partial charge is 0.268 e. The van der Waals surface area contributed by atoms with Crippen molar-refractivity contribution in [3.8, 4) is 23.7 Å². The second-order valence-electron chi connectivity index (χ2n) is 7.67.